The second-order valence-corrected chi connectivity index (χ2v) is 4.12. The molecule has 0 fully saturated rings. The molecular formula is C9H8ClNO4S. The van der Waals surface area contributed by atoms with Crippen molar-refractivity contribution in [2.45, 2.75) is 11.3 Å². The molecule has 0 N–H and O–H groups in total. The molecular weight excluding hydrogens is 254 g/mol. The zero-order valence-electron chi connectivity index (χ0n) is 8.09. The normalized spacial score (nSPS) is 9.81. The molecule has 0 spiro atoms. The molecule has 0 aliphatic heterocycles. The lowest BCUT2D eigenvalue weighted by atomic mass is 10.3. The number of halogens is 1. The van der Waals surface area contributed by atoms with Gasteiger partial charge in [0.25, 0.3) is 5.69 Å². The minimum atomic E-state index is -0.490. The average Bonchev–Trinajstić information content (AvgIpc) is 2.29. The van der Waals surface area contributed by atoms with Crippen LogP contribution >= 0.6 is 23.6 Å². The minimum absolute atomic E-state index is 0.0458. The van der Waals surface area contributed by atoms with Crippen molar-refractivity contribution in [2.75, 3.05) is 5.75 Å². The van der Waals surface area contributed by atoms with Gasteiger partial charge in [-0.2, -0.15) is 0 Å². The van der Waals surface area contributed by atoms with Crippen LogP contribution in [-0.2, 0) is 9.08 Å². The van der Waals surface area contributed by atoms with Gasteiger partial charge in [0.05, 0.1) is 11.3 Å². The van der Waals surface area contributed by atoms with E-state index in [0.29, 0.717) is 5.75 Å². The average molecular weight is 262 g/mol. The Bertz CT molecular complexity index is 382. The molecule has 1 rings (SSSR count). The van der Waals surface area contributed by atoms with Crippen molar-refractivity contribution in [2.24, 2.45) is 0 Å². The number of benzene rings is 1. The highest BCUT2D eigenvalue weighted by Crippen LogP contribution is 2.21. The maximum atomic E-state index is 10.7. The van der Waals surface area contributed by atoms with E-state index in [1.54, 1.807) is 12.1 Å². The summed E-state index contributed by atoms with van der Waals surface area (Å²) in [4.78, 5) is 21.5. The number of nitro groups is 1. The highest BCUT2D eigenvalue weighted by Gasteiger charge is 2.05. The largest absolute Gasteiger partial charge is 0.348 e. The van der Waals surface area contributed by atoms with Crippen molar-refractivity contribution < 1.29 is 14.0 Å². The predicted octanol–water partition coefficient (Wildman–Crippen LogP) is 2.77. The molecule has 0 aromatic heterocycles. The molecule has 7 heteroatoms. The second kappa shape index (κ2) is 6.34. The predicted molar refractivity (Wildman–Crippen MR) is 60.4 cm³/mol. The molecule has 0 bridgehead atoms. The first kappa shape index (κ1) is 12.8. The Labute approximate surface area is 101 Å². The van der Waals surface area contributed by atoms with Gasteiger partial charge in [-0.3, -0.25) is 14.9 Å². The van der Waals surface area contributed by atoms with Gasteiger partial charge in [0, 0.05) is 22.8 Å². The van der Waals surface area contributed by atoms with Crippen LogP contribution in [0.2, 0.25) is 0 Å². The standard InChI is InChI=1S/C9H8ClNO4S/c10-15-9(12)5-6-16-8-3-1-7(2-4-8)11(13)14/h1-4H,5-6H2. The van der Waals surface area contributed by atoms with Crippen LogP contribution < -0.4 is 0 Å². The summed E-state index contributed by atoms with van der Waals surface area (Å²) in [5.74, 6) is 0.0275. The number of carbonyl (C=O) groups is 1. The van der Waals surface area contributed by atoms with Gasteiger partial charge < -0.3 is 4.29 Å². The molecule has 0 aliphatic rings. The van der Waals surface area contributed by atoms with Gasteiger partial charge in [-0.15, -0.1) is 11.8 Å². The monoisotopic (exact) mass is 261 g/mol. The Balaban J connectivity index is 2.43. The Kier molecular flexibility index (Phi) is 5.07. The molecule has 0 aliphatic carbocycles. The number of rotatable bonds is 5. The Hall–Kier alpha value is -1.27. The van der Waals surface area contributed by atoms with Crippen LogP contribution in [0.25, 0.3) is 0 Å². The van der Waals surface area contributed by atoms with E-state index in [1.807, 2.05) is 0 Å². The lowest BCUT2D eigenvalue weighted by molar-refractivity contribution is -0.384. The topological polar surface area (TPSA) is 69.4 Å². The van der Waals surface area contributed by atoms with E-state index in [4.69, 9.17) is 11.9 Å². The van der Waals surface area contributed by atoms with E-state index in [0.717, 1.165) is 4.90 Å². The van der Waals surface area contributed by atoms with E-state index < -0.39 is 10.9 Å². The number of thioether (sulfide) groups is 1. The second-order valence-electron chi connectivity index (χ2n) is 2.80. The van der Waals surface area contributed by atoms with E-state index >= 15 is 0 Å². The van der Waals surface area contributed by atoms with Crippen LogP contribution in [0.15, 0.2) is 29.2 Å². The third kappa shape index (κ3) is 4.08. The molecule has 0 radical (unpaired) electrons. The number of hydrogen-bond acceptors (Lipinski definition) is 5. The van der Waals surface area contributed by atoms with Gasteiger partial charge in [0.2, 0.25) is 0 Å². The molecule has 86 valence electrons. The summed E-state index contributed by atoms with van der Waals surface area (Å²) < 4.78 is 3.97. The Morgan fingerprint density at radius 3 is 2.56 bits per heavy atom. The van der Waals surface area contributed by atoms with Gasteiger partial charge in [-0.1, -0.05) is 0 Å². The quantitative estimate of drug-likeness (QED) is 0.463. The van der Waals surface area contributed by atoms with Crippen molar-refractivity contribution in [1.82, 2.24) is 0 Å². The maximum absolute atomic E-state index is 10.7. The lowest BCUT2D eigenvalue weighted by Gasteiger charge is -1.99. The number of hydrogen-bond donors (Lipinski definition) is 0. The highest BCUT2D eigenvalue weighted by molar-refractivity contribution is 7.99. The van der Waals surface area contributed by atoms with Gasteiger partial charge in [0.1, 0.15) is 11.9 Å². The van der Waals surface area contributed by atoms with Crippen LogP contribution in [-0.4, -0.2) is 16.6 Å². The van der Waals surface area contributed by atoms with Gasteiger partial charge in [-0.25, -0.2) is 0 Å². The lowest BCUT2D eigenvalue weighted by Crippen LogP contribution is -1.97. The number of non-ortho nitro benzene ring substituents is 1. The van der Waals surface area contributed by atoms with Crippen LogP contribution in [0.3, 0.4) is 0 Å². The molecule has 1 aromatic carbocycles. The summed E-state index contributed by atoms with van der Waals surface area (Å²) in [7, 11) is 0. The number of nitro benzene ring substituents is 1. The fraction of sp³-hybridized carbons (Fsp3) is 0.222. The van der Waals surface area contributed by atoms with Crippen molar-refractivity contribution >= 4 is 35.3 Å². The molecule has 1 aromatic rings. The van der Waals surface area contributed by atoms with E-state index in [9.17, 15) is 14.9 Å². The minimum Gasteiger partial charge on any atom is -0.348 e. The Morgan fingerprint density at radius 2 is 2.06 bits per heavy atom. The number of nitrogens with zero attached hydrogens (tertiary/aromatic N) is 1. The first-order valence-electron chi connectivity index (χ1n) is 4.32. The summed E-state index contributed by atoms with van der Waals surface area (Å²) >= 11 is 6.26. The van der Waals surface area contributed by atoms with E-state index in [-0.39, 0.29) is 12.1 Å². The first-order valence-corrected chi connectivity index (χ1v) is 5.61. The summed E-state index contributed by atoms with van der Waals surface area (Å²) in [5, 5.41) is 10.4. The van der Waals surface area contributed by atoms with Gasteiger partial charge in [0.15, 0.2) is 0 Å². The maximum Gasteiger partial charge on any atom is 0.325 e. The van der Waals surface area contributed by atoms with Gasteiger partial charge in [-0.05, 0) is 12.1 Å². The molecule has 0 heterocycles. The first-order chi connectivity index (χ1) is 7.63. The Morgan fingerprint density at radius 1 is 1.44 bits per heavy atom. The van der Waals surface area contributed by atoms with E-state index in [2.05, 4.69) is 4.29 Å². The molecule has 0 saturated heterocycles. The molecule has 0 atom stereocenters. The summed E-state index contributed by atoms with van der Waals surface area (Å²) in [6, 6.07) is 6.11. The summed E-state index contributed by atoms with van der Waals surface area (Å²) in [6.07, 6.45) is 0.200. The van der Waals surface area contributed by atoms with Crippen LogP contribution in [0.1, 0.15) is 6.42 Å². The SMILES string of the molecule is O=C(CCSc1ccc([N+](=O)[O-])cc1)OCl. The van der Waals surface area contributed by atoms with Crippen molar-refractivity contribution in [3.8, 4) is 0 Å². The van der Waals surface area contributed by atoms with Gasteiger partial charge >= 0.3 is 5.97 Å². The van der Waals surface area contributed by atoms with Crippen LogP contribution in [0, 0.1) is 10.1 Å². The third-order valence-corrected chi connectivity index (χ3v) is 2.89. The third-order valence-electron chi connectivity index (χ3n) is 1.71. The fourth-order valence-corrected chi connectivity index (χ4v) is 1.86. The smallest absolute Gasteiger partial charge is 0.325 e. The van der Waals surface area contributed by atoms with Crippen LogP contribution in [0.5, 0.6) is 0 Å². The van der Waals surface area contributed by atoms with Crippen molar-refractivity contribution in [3.63, 3.8) is 0 Å². The van der Waals surface area contributed by atoms with Crippen molar-refractivity contribution in [3.05, 3.63) is 34.4 Å². The summed E-state index contributed by atoms with van der Waals surface area (Å²) in [6.45, 7) is 0. The highest BCUT2D eigenvalue weighted by atomic mass is 35.5. The van der Waals surface area contributed by atoms with Crippen molar-refractivity contribution in [1.29, 1.82) is 0 Å². The van der Waals surface area contributed by atoms with Crippen LogP contribution in [0.4, 0.5) is 5.69 Å². The zero-order valence-corrected chi connectivity index (χ0v) is 9.66. The number of carbonyl (C=O) groups excluding carboxylic acids is 1. The summed E-state index contributed by atoms with van der Waals surface area (Å²) in [5.41, 5.74) is 0.0458. The fourth-order valence-electron chi connectivity index (χ4n) is 0.955. The molecule has 16 heavy (non-hydrogen) atoms. The molecule has 0 unspecified atom stereocenters. The molecule has 0 saturated carbocycles. The zero-order chi connectivity index (χ0) is 12.0. The molecule has 0 amide bonds. The molecule has 5 nitrogen and oxygen atoms in total. The van der Waals surface area contributed by atoms with E-state index in [1.165, 1.54) is 23.9 Å².